The summed E-state index contributed by atoms with van der Waals surface area (Å²) in [4.78, 5) is 24.9. The zero-order valence-corrected chi connectivity index (χ0v) is 14.7. The fourth-order valence-electron chi connectivity index (χ4n) is 2.65. The van der Waals surface area contributed by atoms with E-state index >= 15 is 0 Å². The van der Waals surface area contributed by atoms with Crippen LogP contribution >= 0.6 is 0 Å². The highest BCUT2D eigenvalue weighted by Crippen LogP contribution is 2.17. The number of amides is 2. The van der Waals surface area contributed by atoms with E-state index in [1.807, 2.05) is 11.9 Å². The van der Waals surface area contributed by atoms with Crippen molar-refractivity contribution < 1.29 is 18.0 Å². The summed E-state index contributed by atoms with van der Waals surface area (Å²) in [5.41, 5.74) is 1.32. The largest absolute Gasteiger partial charge is 0.326 e. The Balaban J connectivity index is 1.78. The number of hydrogen-bond acceptors (Lipinski definition) is 5. The van der Waals surface area contributed by atoms with Crippen LogP contribution < -0.4 is 10.6 Å². The van der Waals surface area contributed by atoms with E-state index < -0.39 is 9.84 Å². The minimum absolute atomic E-state index is 0.000242. The maximum Gasteiger partial charge on any atom is 0.225 e. The van der Waals surface area contributed by atoms with E-state index in [2.05, 4.69) is 10.6 Å². The summed E-state index contributed by atoms with van der Waals surface area (Å²) >= 11 is 0. The Morgan fingerprint density at radius 3 is 2.25 bits per heavy atom. The molecule has 0 bridgehead atoms. The van der Waals surface area contributed by atoms with E-state index in [0.717, 1.165) is 0 Å². The summed E-state index contributed by atoms with van der Waals surface area (Å²) in [6.07, 6.45) is 0.922. The Bertz CT molecular complexity index is 701. The maximum absolute atomic E-state index is 12.0. The fourth-order valence-corrected chi connectivity index (χ4v) is 4.45. The van der Waals surface area contributed by atoms with Crippen LogP contribution in [0.3, 0.4) is 0 Å². The van der Waals surface area contributed by atoms with Gasteiger partial charge in [0.1, 0.15) is 0 Å². The van der Waals surface area contributed by atoms with Crippen molar-refractivity contribution in [2.75, 3.05) is 35.7 Å². The molecule has 0 spiro atoms. The van der Waals surface area contributed by atoms with Crippen molar-refractivity contribution in [2.24, 2.45) is 0 Å². The Kier molecular flexibility index (Phi) is 5.95. The van der Waals surface area contributed by atoms with Crippen LogP contribution in [-0.2, 0) is 19.4 Å². The summed E-state index contributed by atoms with van der Waals surface area (Å²) in [7, 11) is -1.06. The normalized spacial score (nSPS) is 19.2. The number of hydrogen-bond donors (Lipinski definition) is 2. The summed E-state index contributed by atoms with van der Waals surface area (Å²) in [5, 5.41) is 5.44. The number of carbonyl (C=O) groups excluding carboxylic acids is 2. The number of nitrogens with zero attached hydrogens (tertiary/aromatic N) is 1. The molecule has 7 nitrogen and oxygen atoms in total. The molecule has 1 aliphatic heterocycles. The highest BCUT2D eigenvalue weighted by molar-refractivity contribution is 7.91. The van der Waals surface area contributed by atoms with Crippen LogP contribution in [0.15, 0.2) is 24.3 Å². The monoisotopic (exact) mass is 353 g/mol. The van der Waals surface area contributed by atoms with Crippen LogP contribution in [0.25, 0.3) is 0 Å². The number of rotatable bonds is 6. The molecule has 0 saturated carbocycles. The lowest BCUT2D eigenvalue weighted by atomic mass is 10.2. The predicted molar refractivity (Wildman–Crippen MR) is 93.7 cm³/mol. The number of sulfone groups is 1. The first kappa shape index (κ1) is 18.4. The van der Waals surface area contributed by atoms with Crippen LogP contribution in [0.2, 0.25) is 0 Å². The first-order valence-electron chi connectivity index (χ1n) is 7.83. The van der Waals surface area contributed by atoms with Crippen molar-refractivity contribution >= 4 is 33.0 Å². The van der Waals surface area contributed by atoms with Gasteiger partial charge in [-0.05, 0) is 37.7 Å². The molecule has 1 atom stereocenters. The maximum atomic E-state index is 12.0. The number of carbonyl (C=O) groups is 2. The van der Waals surface area contributed by atoms with Crippen molar-refractivity contribution in [2.45, 2.75) is 25.8 Å². The van der Waals surface area contributed by atoms with Crippen molar-refractivity contribution in [1.29, 1.82) is 0 Å². The third kappa shape index (κ3) is 5.61. The van der Waals surface area contributed by atoms with Gasteiger partial charge in [0, 0.05) is 37.3 Å². The van der Waals surface area contributed by atoms with Gasteiger partial charge >= 0.3 is 0 Å². The van der Waals surface area contributed by atoms with Crippen LogP contribution in [0, 0.1) is 0 Å². The SMILES string of the molecule is CC(=O)Nc1ccc(NC(=O)CCN(C)C2CCS(=O)(=O)C2)cc1. The first-order valence-corrected chi connectivity index (χ1v) is 9.65. The zero-order chi connectivity index (χ0) is 17.7. The molecule has 1 fully saturated rings. The first-order chi connectivity index (χ1) is 11.2. The summed E-state index contributed by atoms with van der Waals surface area (Å²) < 4.78 is 23.0. The number of benzene rings is 1. The minimum Gasteiger partial charge on any atom is -0.326 e. The van der Waals surface area contributed by atoms with Crippen LogP contribution in [0.1, 0.15) is 19.8 Å². The summed E-state index contributed by atoms with van der Waals surface area (Å²) in [5.74, 6) is 0.128. The lowest BCUT2D eigenvalue weighted by Gasteiger charge is -2.22. The number of anilines is 2. The van der Waals surface area contributed by atoms with Crippen LogP contribution in [-0.4, -0.2) is 56.3 Å². The van der Waals surface area contributed by atoms with Crippen LogP contribution in [0.4, 0.5) is 11.4 Å². The van der Waals surface area contributed by atoms with E-state index in [1.54, 1.807) is 24.3 Å². The molecule has 1 aliphatic rings. The predicted octanol–water partition coefficient (Wildman–Crippen LogP) is 1.09. The van der Waals surface area contributed by atoms with Crippen LogP contribution in [0.5, 0.6) is 0 Å². The highest BCUT2D eigenvalue weighted by atomic mass is 32.2. The van der Waals surface area contributed by atoms with Gasteiger partial charge in [-0.3, -0.25) is 9.59 Å². The van der Waals surface area contributed by atoms with E-state index in [9.17, 15) is 18.0 Å². The molecule has 2 rings (SSSR count). The van der Waals surface area contributed by atoms with Gasteiger partial charge in [0.15, 0.2) is 9.84 Å². The molecule has 1 saturated heterocycles. The average Bonchev–Trinajstić information content (AvgIpc) is 2.86. The summed E-state index contributed by atoms with van der Waals surface area (Å²) in [6, 6.07) is 6.87. The molecule has 0 aromatic heterocycles. The average molecular weight is 353 g/mol. The molecular weight excluding hydrogens is 330 g/mol. The molecule has 1 heterocycles. The van der Waals surface area contributed by atoms with Gasteiger partial charge in [0.05, 0.1) is 11.5 Å². The summed E-state index contributed by atoms with van der Waals surface area (Å²) in [6.45, 7) is 1.94. The molecule has 2 amide bonds. The molecule has 1 aromatic rings. The standard InChI is InChI=1S/C16H23N3O4S/c1-12(20)17-13-3-5-14(6-4-13)18-16(21)7-9-19(2)15-8-10-24(22,23)11-15/h3-6,15H,7-11H2,1-2H3,(H,17,20)(H,18,21). The van der Waals surface area contributed by atoms with Gasteiger partial charge in [-0.2, -0.15) is 0 Å². The van der Waals surface area contributed by atoms with Gasteiger partial charge in [-0.25, -0.2) is 8.42 Å². The molecule has 24 heavy (non-hydrogen) atoms. The molecule has 1 unspecified atom stereocenters. The van der Waals surface area contributed by atoms with Crippen molar-refractivity contribution in [3.63, 3.8) is 0 Å². The smallest absolute Gasteiger partial charge is 0.225 e. The Hall–Kier alpha value is -1.93. The molecule has 2 N–H and O–H groups in total. The van der Waals surface area contributed by atoms with E-state index in [1.165, 1.54) is 6.92 Å². The Labute approximate surface area is 142 Å². The molecule has 0 radical (unpaired) electrons. The second-order valence-corrected chi connectivity index (χ2v) is 8.32. The van der Waals surface area contributed by atoms with Gasteiger partial charge in [-0.1, -0.05) is 0 Å². The zero-order valence-electron chi connectivity index (χ0n) is 13.9. The minimum atomic E-state index is -2.91. The van der Waals surface area contributed by atoms with Gasteiger partial charge < -0.3 is 15.5 Å². The molecule has 1 aromatic carbocycles. The van der Waals surface area contributed by atoms with Crippen molar-refractivity contribution in [1.82, 2.24) is 4.90 Å². The van der Waals surface area contributed by atoms with Crippen molar-refractivity contribution in [3.05, 3.63) is 24.3 Å². The highest BCUT2D eigenvalue weighted by Gasteiger charge is 2.30. The Morgan fingerprint density at radius 2 is 1.75 bits per heavy atom. The molecule has 132 valence electrons. The van der Waals surface area contributed by atoms with E-state index in [4.69, 9.17) is 0 Å². The van der Waals surface area contributed by atoms with E-state index in [-0.39, 0.29) is 29.4 Å². The van der Waals surface area contributed by atoms with Gasteiger partial charge in [0.25, 0.3) is 0 Å². The van der Waals surface area contributed by atoms with Crippen molar-refractivity contribution in [3.8, 4) is 0 Å². The lowest BCUT2D eigenvalue weighted by Crippen LogP contribution is -2.35. The third-order valence-electron chi connectivity index (χ3n) is 4.01. The fraction of sp³-hybridized carbons (Fsp3) is 0.500. The lowest BCUT2D eigenvalue weighted by molar-refractivity contribution is -0.116. The topological polar surface area (TPSA) is 95.6 Å². The second-order valence-electron chi connectivity index (χ2n) is 6.09. The molecule has 8 heteroatoms. The van der Waals surface area contributed by atoms with Gasteiger partial charge in [-0.15, -0.1) is 0 Å². The second kappa shape index (κ2) is 7.76. The van der Waals surface area contributed by atoms with Gasteiger partial charge in [0.2, 0.25) is 11.8 Å². The Morgan fingerprint density at radius 1 is 1.17 bits per heavy atom. The number of nitrogens with one attached hydrogen (secondary N) is 2. The molecule has 0 aliphatic carbocycles. The molecular formula is C16H23N3O4S. The quantitative estimate of drug-likeness (QED) is 0.798. The van der Waals surface area contributed by atoms with E-state index in [0.29, 0.717) is 30.8 Å². The third-order valence-corrected chi connectivity index (χ3v) is 5.76.